The largest absolute Gasteiger partial charge is 0.279 e. The summed E-state index contributed by atoms with van der Waals surface area (Å²) in [5.74, 6) is 0. The third kappa shape index (κ3) is 2.63. The van der Waals surface area contributed by atoms with E-state index >= 15 is 0 Å². The Morgan fingerprint density at radius 1 is 0.737 bits per heavy atom. The number of rotatable bonds is 3. The van der Waals surface area contributed by atoms with E-state index in [1.165, 1.54) is 10.8 Å². The van der Waals surface area contributed by atoms with E-state index in [0.29, 0.717) is 0 Å². The summed E-state index contributed by atoms with van der Waals surface area (Å²) in [6.45, 7) is 0. The number of anilines is 1. The van der Waals surface area contributed by atoms with Gasteiger partial charge in [0.1, 0.15) is 0 Å². The molecule has 2 nitrogen and oxygen atoms in total. The molecular weight excluding hydrogens is 232 g/mol. The Kier molecular flexibility index (Phi) is 3.24. The van der Waals surface area contributed by atoms with Crippen LogP contribution in [-0.2, 0) is 0 Å². The number of para-hydroxylation sites is 1. The van der Waals surface area contributed by atoms with Crippen molar-refractivity contribution in [2.45, 2.75) is 0 Å². The van der Waals surface area contributed by atoms with Crippen molar-refractivity contribution in [3.63, 3.8) is 0 Å². The zero-order valence-corrected chi connectivity index (χ0v) is 10.5. The van der Waals surface area contributed by atoms with Gasteiger partial charge < -0.3 is 0 Å². The van der Waals surface area contributed by atoms with Gasteiger partial charge in [0.05, 0.1) is 11.9 Å². The standard InChI is InChI=1S/C17H14N2/c1-2-10-16(11-3-1)19-18-13-15-9-6-8-14-7-4-5-12-17(14)15/h1-13,19H/b18-13+. The third-order valence-corrected chi connectivity index (χ3v) is 2.99. The summed E-state index contributed by atoms with van der Waals surface area (Å²) in [5, 5.41) is 6.73. The summed E-state index contributed by atoms with van der Waals surface area (Å²) >= 11 is 0. The van der Waals surface area contributed by atoms with Gasteiger partial charge in [0.2, 0.25) is 0 Å². The van der Waals surface area contributed by atoms with Crippen LogP contribution in [0.15, 0.2) is 77.9 Å². The molecule has 0 saturated heterocycles. The molecule has 0 amide bonds. The molecule has 92 valence electrons. The molecule has 0 aliphatic carbocycles. The van der Waals surface area contributed by atoms with Crippen LogP contribution < -0.4 is 5.43 Å². The topological polar surface area (TPSA) is 24.4 Å². The van der Waals surface area contributed by atoms with Crippen molar-refractivity contribution in [3.05, 3.63) is 78.4 Å². The lowest BCUT2D eigenvalue weighted by atomic mass is 10.1. The summed E-state index contributed by atoms with van der Waals surface area (Å²) in [7, 11) is 0. The molecule has 0 heterocycles. The number of nitrogens with one attached hydrogen (secondary N) is 1. The van der Waals surface area contributed by atoms with Crippen LogP contribution in [0.5, 0.6) is 0 Å². The van der Waals surface area contributed by atoms with Crippen LogP contribution in [0, 0.1) is 0 Å². The van der Waals surface area contributed by atoms with Gasteiger partial charge in [-0.05, 0) is 22.9 Å². The van der Waals surface area contributed by atoms with Crippen LogP contribution in [0.4, 0.5) is 5.69 Å². The van der Waals surface area contributed by atoms with E-state index in [4.69, 9.17) is 0 Å². The molecule has 2 heteroatoms. The van der Waals surface area contributed by atoms with E-state index in [9.17, 15) is 0 Å². The molecule has 0 fully saturated rings. The van der Waals surface area contributed by atoms with Crippen molar-refractivity contribution >= 4 is 22.7 Å². The third-order valence-electron chi connectivity index (χ3n) is 2.99. The zero-order valence-electron chi connectivity index (χ0n) is 10.5. The van der Waals surface area contributed by atoms with Gasteiger partial charge in [-0.2, -0.15) is 5.10 Å². The lowest BCUT2D eigenvalue weighted by Gasteiger charge is -2.02. The summed E-state index contributed by atoms with van der Waals surface area (Å²) in [5.41, 5.74) is 5.12. The number of hydrogen-bond donors (Lipinski definition) is 1. The van der Waals surface area contributed by atoms with Crippen molar-refractivity contribution in [1.29, 1.82) is 0 Å². The van der Waals surface area contributed by atoms with Crippen molar-refractivity contribution in [3.8, 4) is 0 Å². The number of hydrazone groups is 1. The molecule has 3 rings (SSSR count). The summed E-state index contributed by atoms with van der Waals surface area (Å²) in [6, 6.07) is 24.5. The van der Waals surface area contributed by atoms with Gasteiger partial charge in [-0.1, -0.05) is 60.7 Å². The van der Waals surface area contributed by atoms with Crippen molar-refractivity contribution in [2.24, 2.45) is 5.10 Å². The molecule has 0 atom stereocenters. The maximum Gasteiger partial charge on any atom is 0.0561 e. The normalized spacial score (nSPS) is 10.9. The molecular formula is C17H14N2. The second-order valence-electron chi connectivity index (χ2n) is 4.30. The van der Waals surface area contributed by atoms with Crippen LogP contribution in [-0.4, -0.2) is 6.21 Å². The fourth-order valence-electron chi connectivity index (χ4n) is 2.05. The molecule has 0 unspecified atom stereocenters. The Labute approximate surface area is 112 Å². The van der Waals surface area contributed by atoms with E-state index in [0.717, 1.165) is 11.3 Å². The number of fused-ring (bicyclic) bond motifs is 1. The van der Waals surface area contributed by atoms with Crippen LogP contribution in [0.1, 0.15) is 5.56 Å². The Morgan fingerprint density at radius 2 is 1.47 bits per heavy atom. The van der Waals surface area contributed by atoms with Crippen LogP contribution in [0.3, 0.4) is 0 Å². The fourth-order valence-corrected chi connectivity index (χ4v) is 2.05. The van der Waals surface area contributed by atoms with E-state index < -0.39 is 0 Å². The molecule has 0 aromatic heterocycles. The molecule has 3 aromatic carbocycles. The van der Waals surface area contributed by atoms with Gasteiger partial charge >= 0.3 is 0 Å². The van der Waals surface area contributed by atoms with E-state index in [1.54, 1.807) is 0 Å². The molecule has 19 heavy (non-hydrogen) atoms. The van der Waals surface area contributed by atoms with Crippen molar-refractivity contribution in [2.75, 3.05) is 5.43 Å². The average molecular weight is 246 g/mol. The Bertz CT molecular complexity index is 697. The van der Waals surface area contributed by atoms with E-state index in [2.05, 4.69) is 34.8 Å². The number of hydrogen-bond acceptors (Lipinski definition) is 2. The van der Waals surface area contributed by atoms with Crippen molar-refractivity contribution < 1.29 is 0 Å². The molecule has 0 radical (unpaired) electrons. The minimum absolute atomic E-state index is 0.985. The first kappa shape index (κ1) is 11.5. The highest BCUT2D eigenvalue weighted by Gasteiger charge is 1.96. The lowest BCUT2D eigenvalue weighted by Crippen LogP contribution is -1.90. The van der Waals surface area contributed by atoms with Gasteiger partial charge in [-0.3, -0.25) is 5.43 Å². The summed E-state index contributed by atoms with van der Waals surface area (Å²) < 4.78 is 0. The van der Waals surface area contributed by atoms with Gasteiger partial charge in [0.15, 0.2) is 0 Å². The fraction of sp³-hybridized carbons (Fsp3) is 0. The second-order valence-corrected chi connectivity index (χ2v) is 4.30. The van der Waals surface area contributed by atoms with Crippen LogP contribution in [0.2, 0.25) is 0 Å². The molecule has 3 aromatic rings. The van der Waals surface area contributed by atoms with E-state index in [-0.39, 0.29) is 0 Å². The van der Waals surface area contributed by atoms with Gasteiger partial charge in [0, 0.05) is 5.56 Å². The van der Waals surface area contributed by atoms with Crippen LogP contribution in [0.25, 0.3) is 10.8 Å². The highest BCUT2D eigenvalue weighted by atomic mass is 15.3. The molecule has 0 bridgehead atoms. The van der Waals surface area contributed by atoms with Gasteiger partial charge in [-0.15, -0.1) is 0 Å². The molecule has 0 saturated carbocycles. The zero-order chi connectivity index (χ0) is 12.9. The molecule has 0 aliphatic rings. The Morgan fingerprint density at radius 3 is 2.37 bits per heavy atom. The predicted molar refractivity (Wildman–Crippen MR) is 81.6 cm³/mol. The first-order valence-electron chi connectivity index (χ1n) is 6.25. The lowest BCUT2D eigenvalue weighted by molar-refractivity contribution is 1.35. The van der Waals surface area contributed by atoms with Crippen LogP contribution >= 0.6 is 0 Å². The van der Waals surface area contributed by atoms with Gasteiger partial charge in [-0.25, -0.2) is 0 Å². The number of nitrogens with zero attached hydrogens (tertiary/aromatic N) is 1. The highest BCUT2D eigenvalue weighted by molar-refractivity contribution is 5.99. The van der Waals surface area contributed by atoms with Gasteiger partial charge in [0.25, 0.3) is 0 Å². The second kappa shape index (κ2) is 5.36. The van der Waals surface area contributed by atoms with E-state index in [1.807, 2.05) is 54.7 Å². The smallest absolute Gasteiger partial charge is 0.0561 e. The first-order chi connectivity index (χ1) is 9.43. The Hall–Kier alpha value is -2.61. The maximum atomic E-state index is 4.29. The molecule has 0 spiro atoms. The molecule has 1 N–H and O–H groups in total. The first-order valence-corrected chi connectivity index (χ1v) is 6.25. The highest BCUT2D eigenvalue weighted by Crippen LogP contribution is 2.16. The van der Waals surface area contributed by atoms with Crippen molar-refractivity contribution in [1.82, 2.24) is 0 Å². The predicted octanol–water partition coefficient (Wildman–Crippen LogP) is 4.29. The Balaban J connectivity index is 1.85. The summed E-state index contributed by atoms with van der Waals surface area (Å²) in [6.07, 6.45) is 1.86. The minimum atomic E-state index is 0.985. The molecule has 0 aliphatic heterocycles. The monoisotopic (exact) mass is 246 g/mol. The number of benzene rings is 3. The SMILES string of the molecule is C(=N\Nc1ccccc1)/c1cccc2ccccc12. The minimum Gasteiger partial charge on any atom is -0.279 e. The quantitative estimate of drug-likeness (QED) is 0.541. The summed E-state index contributed by atoms with van der Waals surface area (Å²) in [4.78, 5) is 0. The average Bonchev–Trinajstić information content (AvgIpc) is 2.49. The maximum absolute atomic E-state index is 4.29.